The molecular formula is C28H35FN2O7S. The summed E-state index contributed by atoms with van der Waals surface area (Å²) in [5, 5.41) is 15.7. The van der Waals surface area contributed by atoms with E-state index in [1.165, 1.54) is 19.2 Å². The van der Waals surface area contributed by atoms with Gasteiger partial charge >= 0.3 is 0 Å². The Bertz CT molecular complexity index is 1350. The van der Waals surface area contributed by atoms with Crippen LogP contribution >= 0.6 is 0 Å². The molecule has 2 aromatic carbocycles. The van der Waals surface area contributed by atoms with Crippen molar-refractivity contribution in [3.05, 3.63) is 63.5 Å². The Labute approximate surface area is 228 Å². The predicted molar refractivity (Wildman–Crippen MR) is 144 cm³/mol. The highest BCUT2D eigenvalue weighted by molar-refractivity contribution is 7.90. The third-order valence-corrected chi connectivity index (χ3v) is 8.21. The van der Waals surface area contributed by atoms with Crippen molar-refractivity contribution in [2.24, 2.45) is 0 Å². The number of halogens is 1. The Morgan fingerprint density at radius 1 is 1.15 bits per heavy atom. The molecule has 0 saturated carbocycles. The lowest BCUT2D eigenvalue weighted by Crippen LogP contribution is -2.48. The van der Waals surface area contributed by atoms with E-state index < -0.39 is 33.7 Å². The summed E-state index contributed by atoms with van der Waals surface area (Å²) in [7, 11) is -1.60. The maximum absolute atomic E-state index is 14.9. The standard InChI is InChI=1S/C28H35FN2O7S/c1-37-26-20-6-3-5-19(20)18(15-22(26)28(34)31-24-9-11-38-16-25(24)32)13-17-7-8-21(23(29)14-17)27(33)30-10-4-12-39(2,35)36/h7-8,14-15,24-25,32H,3-6,9-13,16H2,1-2H3,(H,30,33)(H,31,34)/t24-,25-/m0/s1. The van der Waals surface area contributed by atoms with Gasteiger partial charge in [-0.2, -0.15) is 0 Å². The average Bonchev–Trinajstić information content (AvgIpc) is 3.37. The van der Waals surface area contributed by atoms with Gasteiger partial charge in [0.25, 0.3) is 11.8 Å². The first-order valence-electron chi connectivity index (χ1n) is 13.1. The first-order valence-corrected chi connectivity index (χ1v) is 15.2. The van der Waals surface area contributed by atoms with E-state index in [1.807, 2.05) is 0 Å². The molecule has 3 N–H and O–H groups in total. The molecule has 4 rings (SSSR count). The molecule has 2 atom stereocenters. The number of aliphatic hydroxyl groups is 1. The van der Waals surface area contributed by atoms with Crippen molar-refractivity contribution in [2.75, 3.05) is 38.9 Å². The molecule has 0 radical (unpaired) electrons. The van der Waals surface area contributed by atoms with E-state index in [0.717, 1.165) is 42.2 Å². The van der Waals surface area contributed by atoms with Crippen LogP contribution in [0.5, 0.6) is 5.75 Å². The van der Waals surface area contributed by atoms with Gasteiger partial charge in [-0.3, -0.25) is 9.59 Å². The van der Waals surface area contributed by atoms with Crippen LogP contribution < -0.4 is 15.4 Å². The Balaban J connectivity index is 1.53. The van der Waals surface area contributed by atoms with Crippen LogP contribution in [-0.2, 0) is 33.8 Å². The van der Waals surface area contributed by atoms with Gasteiger partial charge in [-0.1, -0.05) is 6.07 Å². The summed E-state index contributed by atoms with van der Waals surface area (Å²) < 4.78 is 48.3. The first-order chi connectivity index (χ1) is 18.6. The van der Waals surface area contributed by atoms with E-state index in [4.69, 9.17) is 9.47 Å². The van der Waals surface area contributed by atoms with Gasteiger partial charge < -0.3 is 25.2 Å². The molecule has 0 spiro atoms. The fraction of sp³-hybridized carbons (Fsp3) is 0.500. The largest absolute Gasteiger partial charge is 0.496 e. The quantitative estimate of drug-likeness (QED) is 0.378. The monoisotopic (exact) mass is 562 g/mol. The summed E-state index contributed by atoms with van der Waals surface area (Å²) >= 11 is 0. The molecule has 0 bridgehead atoms. The molecule has 0 unspecified atom stereocenters. The van der Waals surface area contributed by atoms with Crippen molar-refractivity contribution in [2.45, 2.75) is 50.7 Å². The van der Waals surface area contributed by atoms with Gasteiger partial charge in [0.1, 0.15) is 21.4 Å². The molecule has 1 aliphatic carbocycles. The maximum Gasteiger partial charge on any atom is 0.255 e. The number of carbonyl (C=O) groups excluding carboxylic acids is 2. The molecule has 9 nitrogen and oxygen atoms in total. The van der Waals surface area contributed by atoms with E-state index >= 15 is 0 Å². The Morgan fingerprint density at radius 2 is 1.92 bits per heavy atom. The number of hydrogen-bond acceptors (Lipinski definition) is 7. The molecule has 2 aliphatic rings. The van der Waals surface area contributed by atoms with Crippen molar-refractivity contribution in [3.8, 4) is 5.75 Å². The smallest absolute Gasteiger partial charge is 0.255 e. The van der Waals surface area contributed by atoms with Crippen molar-refractivity contribution in [1.82, 2.24) is 10.6 Å². The number of rotatable bonds is 10. The number of fused-ring (bicyclic) bond motifs is 1. The number of ether oxygens (including phenoxy) is 2. The third kappa shape index (κ3) is 7.14. The molecular weight excluding hydrogens is 527 g/mol. The minimum atomic E-state index is -3.13. The molecule has 1 aliphatic heterocycles. The highest BCUT2D eigenvalue weighted by Gasteiger charge is 2.30. The number of aliphatic hydroxyl groups excluding tert-OH is 1. The number of hydrogen-bond donors (Lipinski definition) is 3. The zero-order valence-corrected chi connectivity index (χ0v) is 23.0. The summed E-state index contributed by atoms with van der Waals surface area (Å²) in [6.07, 6.45) is 3.94. The number of carbonyl (C=O) groups is 2. The van der Waals surface area contributed by atoms with Crippen LogP contribution in [0.1, 0.15) is 62.2 Å². The van der Waals surface area contributed by atoms with E-state index in [-0.39, 0.29) is 36.8 Å². The van der Waals surface area contributed by atoms with E-state index in [9.17, 15) is 27.5 Å². The van der Waals surface area contributed by atoms with Crippen LogP contribution in [0.4, 0.5) is 4.39 Å². The van der Waals surface area contributed by atoms with Gasteiger partial charge in [0.15, 0.2) is 0 Å². The molecule has 212 valence electrons. The summed E-state index contributed by atoms with van der Waals surface area (Å²) in [4.78, 5) is 25.7. The normalized spacial score (nSPS) is 18.9. The molecule has 39 heavy (non-hydrogen) atoms. The number of sulfone groups is 1. The highest BCUT2D eigenvalue weighted by atomic mass is 32.2. The van der Waals surface area contributed by atoms with E-state index in [1.54, 1.807) is 12.1 Å². The summed E-state index contributed by atoms with van der Waals surface area (Å²) in [6, 6.07) is 5.77. The minimum absolute atomic E-state index is 0.0590. The zero-order valence-electron chi connectivity index (χ0n) is 22.2. The highest BCUT2D eigenvalue weighted by Crippen LogP contribution is 2.37. The van der Waals surface area contributed by atoms with Crippen LogP contribution in [-0.4, -0.2) is 76.4 Å². The van der Waals surface area contributed by atoms with Crippen molar-refractivity contribution >= 4 is 21.7 Å². The average molecular weight is 563 g/mol. The topological polar surface area (TPSA) is 131 Å². The third-order valence-electron chi connectivity index (χ3n) is 7.18. The lowest BCUT2D eigenvalue weighted by Gasteiger charge is -2.29. The Morgan fingerprint density at radius 3 is 2.62 bits per heavy atom. The first kappa shape index (κ1) is 29.0. The van der Waals surface area contributed by atoms with Gasteiger partial charge in [0.05, 0.1) is 42.7 Å². The number of nitrogens with one attached hydrogen (secondary N) is 2. The fourth-order valence-corrected chi connectivity index (χ4v) is 5.91. The second-order valence-electron chi connectivity index (χ2n) is 10.2. The Kier molecular flexibility index (Phi) is 9.24. The zero-order chi connectivity index (χ0) is 28.2. The number of methoxy groups -OCH3 is 1. The number of amides is 2. The maximum atomic E-state index is 14.9. The van der Waals surface area contributed by atoms with Gasteiger partial charge in [0, 0.05) is 19.4 Å². The fourth-order valence-electron chi connectivity index (χ4n) is 5.24. The summed E-state index contributed by atoms with van der Waals surface area (Å²) in [5.74, 6) is -1.16. The lowest BCUT2D eigenvalue weighted by atomic mass is 9.92. The summed E-state index contributed by atoms with van der Waals surface area (Å²) in [5.41, 5.74) is 3.84. The number of benzene rings is 2. The van der Waals surface area contributed by atoms with Crippen LogP contribution in [0, 0.1) is 5.82 Å². The van der Waals surface area contributed by atoms with Crippen LogP contribution in [0.2, 0.25) is 0 Å². The van der Waals surface area contributed by atoms with Gasteiger partial charge in [-0.25, -0.2) is 12.8 Å². The molecule has 1 saturated heterocycles. The molecule has 2 amide bonds. The molecule has 2 aromatic rings. The van der Waals surface area contributed by atoms with Gasteiger partial charge in [-0.15, -0.1) is 0 Å². The SMILES string of the molecule is COc1c(C(=O)N[C@H]2CCOC[C@@H]2O)cc(Cc2ccc(C(=O)NCCCS(C)(=O)=O)c(F)c2)c2c1CCC2. The van der Waals surface area contributed by atoms with Gasteiger partial charge in [-0.05, 0) is 79.0 Å². The predicted octanol–water partition coefficient (Wildman–Crippen LogP) is 1.96. The summed E-state index contributed by atoms with van der Waals surface area (Å²) in [6.45, 7) is 0.743. The molecule has 0 aromatic heterocycles. The van der Waals surface area contributed by atoms with Crippen molar-refractivity contribution in [3.63, 3.8) is 0 Å². The van der Waals surface area contributed by atoms with Gasteiger partial charge in [0.2, 0.25) is 0 Å². The Hall–Kier alpha value is -3.02. The van der Waals surface area contributed by atoms with Crippen LogP contribution in [0.25, 0.3) is 0 Å². The van der Waals surface area contributed by atoms with Crippen molar-refractivity contribution in [1.29, 1.82) is 0 Å². The van der Waals surface area contributed by atoms with E-state index in [0.29, 0.717) is 36.3 Å². The van der Waals surface area contributed by atoms with E-state index in [2.05, 4.69) is 10.6 Å². The van der Waals surface area contributed by atoms with Crippen molar-refractivity contribution < 1.29 is 37.0 Å². The van der Waals surface area contributed by atoms with Crippen LogP contribution in [0.15, 0.2) is 24.3 Å². The lowest BCUT2D eigenvalue weighted by molar-refractivity contribution is -0.0261. The second kappa shape index (κ2) is 12.4. The van der Waals surface area contributed by atoms with Crippen LogP contribution in [0.3, 0.4) is 0 Å². The second-order valence-corrected chi connectivity index (χ2v) is 12.4. The molecule has 11 heteroatoms. The molecule has 1 heterocycles. The molecule has 1 fully saturated rings. The minimum Gasteiger partial charge on any atom is -0.496 e.